The van der Waals surface area contributed by atoms with Crippen molar-refractivity contribution < 1.29 is 8.42 Å². The molecule has 1 aromatic carbocycles. The van der Waals surface area contributed by atoms with Gasteiger partial charge in [-0.2, -0.15) is 0 Å². The lowest BCUT2D eigenvalue weighted by atomic mass is 9.87. The summed E-state index contributed by atoms with van der Waals surface area (Å²) in [7, 11) is -3.67. The minimum absolute atomic E-state index is 0.130. The van der Waals surface area contributed by atoms with Crippen LogP contribution < -0.4 is 5.73 Å². The zero-order chi connectivity index (χ0) is 18.0. The molecule has 1 aliphatic heterocycles. The summed E-state index contributed by atoms with van der Waals surface area (Å²) in [6, 6.07) is 7.16. The van der Waals surface area contributed by atoms with E-state index < -0.39 is 10.0 Å². The van der Waals surface area contributed by atoms with Gasteiger partial charge in [0.25, 0.3) is 10.0 Å². The van der Waals surface area contributed by atoms with Crippen molar-refractivity contribution in [2.45, 2.75) is 50.0 Å². The Labute approximate surface area is 150 Å². The molecule has 1 heterocycles. The van der Waals surface area contributed by atoms with E-state index in [2.05, 4.69) is 6.92 Å². The van der Waals surface area contributed by atoms with E-state index in [1.165, 1.54) is 4.31 Å². The Morgan fingerprint density at radius 1 is 1.12 bits per heavy atom. The van der Waals surface area contributed by atoms with Crippen molar-refractivity contribution in [3.63, 3.8) is 0 Å². The van der Waals surface area contributed by atoms with Crippen molar-refractivity contribution in [3.8, 4) is 0 Å². The smallest absolute Gasteiger partial charge is 0.266 e. The lowest BCUT2D eigenvalue weighted by Gasteiger charge is -2.34. The highest BCUT2D eigenvalue weighted by Gasteiger charge is 2.38. The molecular weight excluding hydrogens is 336 g/mol. The summed E-state index contributed by atoms with van der Waals surface area (Å²) in [5.41, 5.74) is 6.56. The number of hydrogen-bond acceptors (Lipinski definition) is 4. The average Bonchev–Trinajstić information content (AvgIpc) is 2.99. The molecule has 3 rings (SSSR count). The van der Waals surface area contributed by atoms with E-state index in [0.717, 1.165) is 43.6 Å². The van der Waals surface area contributed by atoms with Crippen molar-refractivity contribution in [1.82, 2.24) is 9.21 Å². The van der Waals surface area contributed by atoms with Crippen LogP contribution in [0, 0.1) is 11.3 Å². The number of rotatable bonds is 5. The Bertz CT molecular complexity index is 709. The number of nitrogens with zero attached hydrogens (tertiary/aromatic N) is 2. The van der Waals surface area contributed by atoms with Crippen molar-refractivity contribution >= 4 is 16.0 Å². The molecule has 0 bridgehead atoms. The first-order chi connectivity index (χ1) is 11.9. The first-order valence-corrected chi connectivity index (χ1v) is 10.5. The van der Waals surface area contributed by atoms with Crippen molar-refractivity contribution in [3.05, 3.63) is 29.8 Å². The van der Waals surface area contributed by atoms with Crippen LogP contribution in [0.3, 0.4) is 0 Å². The maximum absolute atomic E-state index is 12.9. The molecule has 1 aliphatic carbocycles. The minimum atomic E-state index is -3.67. The van der Waals surface area contributed by atoms with Crippen molar-refractivity contribution in [2.75, 3.05) is 19.6 Å². The summed E-state index contributed by atoms with van der Waals surface area (Å²) in [5, 5.41) is 8.42. The van der Waals surface area contributed by atoms with Gasteiger partial charge in [0.05, 0.1) is 11.4 Å². The summed E-state index contributed by atoms with van der Waals surface area (Å²) >= 11 is 0. The number of nitrogens with two attached hydrogens (primary N) is 1. The minimum Gasteiger partial charge on any atom is -0.337 e. The molecule has 0 unspecified atom stereocenters. The molecule has 1 saturated heterocycles. The Morgan fingerprint density at radius 3 is 2.36 bits per heavy atom. The maximum Gasteiger partial charge on any atom is 0.266 e. The normalized spacial score (nSPS) is 24.8. The van der Waals surface area contributed by atoms with E-state index in [4.69, 9.17) is 11.1 Å². The molecule has 25 heavy (non-hydrogen) atoms. The molecular formula is C18H28N4O2S. The van der Waals surface area contributed by atoms with E-state index in [9.17, 15) is 8.42 Å². The highest BCUT2D eigenvalue weighted by Crippen LogP contribution is 2.30. The van der Waals surface area contributed by atoms with Crippen LogP contribution >= 0.6 is 0 Å². The fraction of sp³-hybridized carbons (Fsp3) is 0.611. The molecule has 0 radical (unpaired) electrons. The first-order valence-electron chi connectivity index (χ1n) is 9.10. The monoisotopic (exact) mass is 364 g/mol. The predicted molar refractivity (Wildman–Crippen MR) is 98.9 cm³/mol. The number of hydrogen-bond donors (Lipinski definition) is 2. The molecule has 1 aromatic rings. The van der Waals surface area contributed by atoms with Crippen LogP contribution in [-0.2, 0) is 16.4 Å². The highest BCUT2D eigenvalue weighted by molar-refractivity contribution is 7.89. The van der Waals surface area contributed by atoms with Crippen LogP contribution in [0.15, 0.2) is 29.2 Å². The van der Waals surface area contributed by atoms with Gasteiger partial charge in [0.1, 0.15) is 0 Å². The van der Waals surface area contributed by atoms with Gasteiger partial charge in [-0.25, -0.2) is 12.7 Å². The Balaban J connectivity index is 1.73. The average molecular weight is 365 g/mol. The van der Waals surface area contributed by atoms with E-state index >= 15 is 0 Å². The molecule has 2 fully saturated rings. The third kappa shape index (κ3) is 3.67. The van der Waals surface area contributed by atoms with Crippen LogP contribution in [0.25, 0.3) is 0 Å². The van der Waals surface area contributed by atoms with Crippen LogP contribution in [-0.4, -0.2) is 49.3 Å². The van der Waals surface area contributed by atoms with E-state index in [-0.39, 0.29) is 10.9 Å². The van der Waals surface area contributed by atoms with Gasteiger partial charge in [0.2, 0.25) is 5.96 Å². The summed E-state index contributed by atoms with van der Waals surface area (Å²) in [6.45, 7) is 3.77. The Hall–Kier alpha value is -1.60. The molecule has 6 nitrogen and oxygen atoms in total. The van der Waals surface area contributed by atoms with Gasteiger partial charge in [-0.1, -0.05) is 19.1 Å². The van der Waals surface area contributed by atoms with Crippen LogP contribution in [0.2, 0.25) is 0 Å². The molecule has 2 aliphatic rings. The SMILES string of the molecule is CC1CCC(N2CCN(S(=O)(=O)c3ccc(CCN)cc3)C2=N)CC1. The molecule has 0 aromatic heterocycles. The van der Waals surface area contributed by atoms with Gasteiger partial charge in [0, 0.05) is 12.6 Å². The van der Waals surface area contributed by atoms with Gasteiger partial charge >= 0.3 is 0 Å². The van der Waals surface area contributed by atoms with Gasteiger partial charge < -0.3 is 10.6 Å². The van der Waals surface area contributed by atoms with E-state index in [0.29, 0.717) is 25.7 Å². The largest absolute Gasteiger partial charge is 0.337 e. The van der Waals surface area contributed by atoms with E-state index in [1.54, 1.807) is 24.3 Å². The summed E-state index contributed by atoms with van der Waals surface area (Å²) in [4.78, 5) is 2.23. The molecule has 0 spiro atoms. The number of nitrogens with one attached hydrogen (secondary N) is 1. The zero-order valence-electron chi connectivity index (χ0n) is 14.8. The van der Waals surface area contributed by atoms with E-state index in [1.807, 2.05) is 4.90 Å². The molecule has 1 saturated carbocycles. The van der Waals surface area contributed by atoms with Crippen molar-refractivity contribution in [2.24, 2.45) is 11.7 Å². The lowest BCUT2D eigenvalue weighted by molar-refractivity contribution is 0.225. The second kappa shape index (κ2) is 7.33. The second-order valence-corrected chi connectivity index (χ2v) is 9.05. The van der Waals surface area contributed by atoms with Gasteiger partial charge in [0.15, 0.2) is 0 Å². The molecule has 0 amide bonds. The highest BCUT2D eigenvalue weighted by atomic mass is 32.2. The molecule has 7 heteroatoms. The fourth-order valence-electron chi connectivity index (χ4n) is 3.82. The van der Waals surface area contributed by atoms with Crippen LogP contribution in [0.5, 0.6) is 0 Å². The molecule has 0 atom stereocenters. The number of sulfonamides is 1. The number of benzene rings is 1. The maximum atomic E-state index is 12.9. The Morgan fingerprint density at radius 2 is 1.76 bits per heavy atom. The fourth-order valence-corrected chi connectivity index (χ4v) is 5.21. The summed E-state index contributed by atoms with van der Waals surface area (Å²) in [5.74, 6) is 0.866. The lowest BCUT2D eigenvalue weighted by Crippen LogP contribution is -2.43. The van der Waals surface area contributed by atoms with Crippen molar-refractivity contribution in [1.29, 1.82) is 5.41 Å². The van der Waals surface area contributed by atoms with Crippen LogP contribution in [0.1, 0.15) is 38.2 Å². The molecule has 138 valence electrons. The Kier molecular flexibility index (Phi) is 5.34. The van der Waals surface area contributed by atoms with Crippen LogP contribution in [0.4, 0.5) is 0 Å². The van der Waals surface area contributed by atoms with Gasteiger partial charge in [-0.05, 0) is 62.3 Å². The quantitative estimate of drug-likeness (QED) is 0.836. The number of guanidine groups is 1. The predicted octanol–water partition coefficient (Wildman–Crippen LogP) is 2.01. The standard InChI is InChI=1S/C18H28N4O2S/c1-14-2-6-16(7-3-14)21-12-13-22(18(21)20)25(23,24)17-8-4-15(5-9-17)10-11-19/h4-5,8-9,14,16,20H,2-3,6-7,10-13,19H2,1H3. The first kappa shape index (κ1) is 18.2. The van der Waals surface area contributed by atoms with Gasteiger partial charge in [-0.3, -0.25) is 5.41 Å². The molecule has 3 N–H and O–H groups in total. The topological polar surface area (TPSA) is 90.5 Å². The second-order valence-electron chi connectivity index (χ2n) is 7.19. The summed E-state index contributed by atoms with van der Waals surface area (Å²) in [6.07, 6.45) is 5.14. The third-order valence-electron chi connectivity index (χ3n) is 5.42. The third-order valence-corrected chi connectivity index (χ3v) is 7.23. The summed E-state index contributed by atoms with van der Waals surface area (Å²) < 4.78 is 27.1. The zero-order valence-corrected chi connectivity index (χ0v) is 15.6. The van der Waals surface area contributed by atoms with Gasteiger partial charge in [-0.15, -0.1) is 0 Å².